The first-order valence-electron chi connectivity index (χ1n) is 8.12. The average molecular weight is 337 g/mol. The van der Waals surface area contributed by atoms with Crippen LogP contribution in [-0.2, 0) is 5.41 Å². The molecule has 0 bridgehead atoms. The van der Waals surface area contributed by atoms with Crippen molar-refractivity contribution in [1.82, 2.24) is 4.98 Å². The van der Waals surface area contributed by atoms with Crippen LogP contribution in [0, 0.1) is 11.6 Å². The van der Waals surface area contributed by atoms with Gasteiger partial charge < -0.3 is 4.42 Å². The van der Waals surface area contributed by atoms with Crippen LogP contribution in [0.4, 0.5) is 8.78 Å². The average Bonchev–Trinajstić information content (AvgIpc) is 2.92. The lowest BCUT2D eigenvalue weighted by Gasteiger charge is -2.19. The molecule has 2 aromatic heterocycles. The van der Waals surface area contributed by atoms with E-state index >= 15 is 0 Å². The lowest BCUT2D eigenvalue weighted by atomic mass is 9.87. The zero-order valence-corrected chi connectivity index (χ0v) is 14.2. The standard InChI is InChI=1S/C21H17F2NO/c1-21(2,3)12-7-8-24-17(9-12)14-5-4-6-15-19-16(23)10-13(22)11-18(19)25-20(14)15/h4-11H,1-3H3. The van der Waals surface area contributed by atoms with E-state index in [4.69, 9.17) is 4.42 Å². The largest absolute Gasteiger partial charge is 0.455 e. The van der Waals surface area contributed by atoms with Crippen LogP contribution in [0.3, 0.4) is 0 Å². The van der Waals surface area contributed by atoms with Gasteiger partial charge in [-0.15, -0.1) is 0 Å². The lowest BCUT2D eigenvalue weighted by Crippen LogP contribution is -2.11. The molecule has 2 heterocycles. The van der Waals surface area contributed by atoms with Crippen LogP contribution in [0.2, 0.25) is 0 Å². The van der Waals surface area contributed by atoms with E-state index in [0.29, 0.717) is 16.4 Å². The molecule has 0 radical (unpaired) electrons. The fourth-order valence-electron chi connectivity index (χ4n) is 3.09. The summed E-state index contributed by atoms with van der Waals surface area (Å²) in [5.74, 6) is -1.28. The van der Waals surface area contributed by atoms with Gasteiger partial charge in [-0.2, -0.15) is 0 Å². The third-order valence-corrected chi connectivity index (χ3v) is 4.42. The first kappa shape index (κ1) is 15.8. The summed E-state index contributed by atoms with van der Waals surface area (Å²) in [5, 5.41) is 0.915. The van der Waals surface area contributed by atoms with Crippen molar-refractivity contribution < 1.29 is 13.2 Å². The lowest BCUT2D eigenvalue weighted by molar-refractivity contribution is 0.584. The van der Waals surface area contributed by atoms with Crippen LogP contribution in [0.5, 0.6) is 0 Å². The number of hydrogen-bond acceptors (Lipinski definition) is 2. The Kier molecular flexibility index (Phi) is 3.39. The van der Waals surface area contributed by atoms with Crippen molar-refractivity contribution in [3.8, 4) is 11.3 Å². The fraction of sp³-hybridized carbons (Fsp3) is 0.190. The Morgan fingerprint density at radius 3 is 2.56 bits per heavy atom. The van der Waals surface area contributed by atoms with Crippen molar-refractivity contribution in [2.24, 2.45) is 0 Å². The first-order valence-corrected chi connectivity index (χ1v) is 8.12. The van der Waals surface area contributed by atoms with Gasteiger partial charge in [-0.05, 0) is 29.2 Å². The van der Waals surface area contributed by atoms with Gasteiger partial charge in [-0.25, -0.2) is 8.78 Å². The molecule has 2 nitrogen and oxygen atoms in total. The molecular weight excluding hydrogens is 320 g/mol. The highest BCUT2D eigenvalue weighted by Gasteiger charge is 2.19. The van der Waals surface area contributed by atoms with Gasteiger partial charge in [-0.1, -0.05) is 32.9 Å². The summed E-state index contributed by atoms with van der Waals surface area (Å²) in [5.41, 5.74) is 3.35. The Morgan fingerprint density at radius 1 is 1.00 bits per heavy atom. The Bertz CT molecular complexity index is 1110. The number of hydrogen-bond donors (Lipinski definition) is 0. The Hall–Kier alpha value is -2.75. The van der Waals surface area contributed by atoms with Crippen LogP contribution < -0.4 is 0 Å². The molecule has 2 aromatic carbocycles. The number of rotatable bonds is 1. The topological polar surface area (TPSA) is 26.0 Å². The van der Waals surface area contributed by atoms with Gasteiger partial charge in [0.2, 0.25) is 0 Å². The van der Waals surface area contributed by atoms with E-state index in [1.807, 2.05) is 24.3 Å². The summed E-state index contributed by atoms with van der Waals surface area (Å²) in [6, 6.07) is 11.6. The zero-order valence-electron chi connectivity index (χ0n) is 14.2. The van der Waals surface area contributed by atoms with Crippen molar-refractivity contribution in [2.45, 2.75) is 26.2 Å². The highest BCUT2D eigenvalue weighted by Crippen LogP contribution is 2.37. The molecule has 0 fully saturated rings. The Labute approximate surface area is 144 Å². The molecular formula is C21H17F2NO. The van der Waals surface area contributed by atoms with Crippen LogP contribution >= 0.6 is 0 Å². The summed E-state index contributed by atoms with van der Waals surface area (Å²) >= 11 is 0. The molecule has 0 aliphatic rings. The second-order valence-electron chi connectivity index (χ2n) is 7.22. The van der Waals surface area contributed by atoms with Crippen molar-refractivity contribution >= 4 is 21.9 Å². The van der Waals surface area contributed by atoms with E-state index in [0.717, 1.165) is 22.9 Å². The van der Waals surface area contributed by atoms with Gasteiger partial charge in [-0.3, -0.25) is 4.98 Å². The van der Waals surface area contributed by atoms with E-state index < -0.39 is 11.6 Å². The van der Waals surface area contributed by atoms with Crippen molar-refractivity contribution in [3.63, 3.8) is 0 Å². The van der Waals surface area contributed by atoms with Gasteiger partial charge in [0.1, 0.15) is 22.8 Å². The number of furan rings is 1. The van der Waals surface area contributed by atoms with Crippen LogP contribution in [0.15, 0.2) is 53.1 Å². The number of aromatic nitrogens is 1. The van der Waals surface area contributed by atoms with E-state index in [9.17, 15) is 8.78 Å². The third-order valence-electron chi connectivity index (χ3n) is 4.42. The van der Waals surface area contributed by atoms with Crippen LogP contribution in [0.25, 0.3) is 33.2 Å². The Balaban J connectivity index is 2.02. The minimum atomic E-state index is -0.654. The van der Waals surface area contributed by atoms with E-state index in [1.54, 1.807) is 12.3 Å². The smallest absolute Gasteiger partial charge is 0.144 e. The molecule has 0 N–H and O–H groups in total. The highest BCUT2D eigenvalue weighted by atomic mass is 19.1. The SMILES string of the molecule is CC(C)(C)c1ccnc(-c2cccc3c2oc2cc(F)cc(F)c23)c1. The van der Waals surface area contributed by atoms with Crippen molar-refractivity contribution in [1.29, 1.82) is 0 Å². The maximum atomic E-state index is 14.2. The summed E-state index contributed by atoms with van der Waals surface area (Å²) in [6.07, 6.45) is 1.76. The molecule has 4 rings (SSSR count). The third kappa shape index (κ3) is 2.58. The molecule has 0 saturated carbocycles. The number of pyridine rings is 1. The summed E-state index contributed by atoms with van der Waals surface area (Å²) in [6.45, 7) is 6.39. The minimum Gasteiger partial charge on any atom is -0.455 e. The maximum Gasteiger partial charge on any atom is 0.144 e. The fourth-order valence-corrected chi connectivity index (χ4v) is 3.09. The predicted molar refractivity (Wildman–Crippen MR) is 95.6 cm³/mol. The van der Waals surface area contributed by atoms with Gasteiger partial charge in [0.05, 0.1) is 11.1 Å². The van der Waals surface area contributed by atoms with Gasteiger partial charge >= 0.3 is 0 Å². The van der Waals surface area contributed by atoms with Gasteiger partial charge in [0, 0.05) is 29.3 Å². The molecule has 126 valence electrons. The van der Waals surface area contributed by atoms with Crippen molar-refractivity contribution in [3.05, 3.63) is 65.9 Å². The zero-order chi connectivity index (χ0) is 17.8. The molecule has 0 aliphatic heterocycles. The van der Waals surface area contributed by atoms with Crippen molar-refractivity contribution in [2.75, 3.05) is 0 Å². The van der Waals surface area contributed by atoms with E-state index in [2.05, 4.69) is 25.8 Å². The number of para-hydroxylation sites is 1. The second-order valence-corrected chi connectivity index (χ2v) is 7.22. The predicted octanol–water partition coefficient (Wildman–Crippen LogP) is 6.22. The molecule has 0 aliphatic carbocycles. The normalized spacial score (nSPS) is 12.2. The molecule has 25 heavy (non-hydrogen) atoms. The molecule has 4 aromatic rings. The number of benzene rings is 2. The molecule has 0 spiro atoms. The molecule has 4 heteroatoms. The minimum absolute atomic E-state index is 0.0191. The molecule has 0 atom stereocenters. The number of fused-ring (bicyclic) bond motifs is 3. The van der Waals surface area contributed by atoms with E-state index in [1.165, 1.54) is 6.07 Å². The quantitative estimate of drug-likeness (QED) is 0.412. The first-order chi connectivity index (χ1) is 11.8. The van der Waals surface area contributed by atoms with Gasteiger partial charge in [0.15, 0.2) is 0 Å². The highest BCUT2D eigenvalue weighted by molar-refractivity contribution is 6.09. The number of halogens is 2. The monoisotopic (exact) mass is 337 g/mol. The summed E-state index contributed by atoms with van der Waals surface area (Å²) in [4.78, 5) is 4.46. The molecule has 0 unspecified atom stereocenters. The summed E-state index contributed by atoms with van der Waals surface area (Å²) < 4.78 is 33.6. The van der Waals surface area contributed by atoms with Crippen LogP contribution in [-0.4, -0.2) is 4.98 Å². The molecule has 0 saturated heterocycles. The second kappa shape index (κ2) is 5.38. The van der Waals surface area contributed by atoms with Gasteiger partial charge in [0.25, 0.3) is 0 Å². The number of nitrogens with zero attached hydrogens (tertiary/aromatic N) is 1. The maximum absolute atomic E-state index is 14.2. The van der Waals surface area contributed by atoms with Crippen LogP contribution in [0.1, 0.15) is 26.3 Å². The Morgan fingerprint density at radius 2 is 1.80 bits per heavy atom. The van der Waals surface area contributed by atoms with E-state index in [-0.39, 0.29) is 11.0 Å². The summed E-state index contributed by atoms with van der Waals surface area (Å²) in [7, 11) is 0. The molecule has 0 amide bonds.